The van der Waals surface area contributed by atoms with E-state index in [-0.39, 0.29) is 5.91 Å². The highest BCUT2D eigenvalue weighted by atomic mass is 35.5. The van der Waals surface area contributed by atoms with E-state index in [1.54, 1.807) is 11.9 Å². The number of hydrogen-bond acceptors (Lipinski definition) is 3. The van der Waals surface area contributed by atoms with Crippen molar-refractivity contribution in [3.05, 3.63) is 29.3 Å². The lowest BCUT2D eigenvalue weighted by Gasteiger charge is -2.28. The summed E-state index contributed by atoms with van der Waals surface area (Å²) in [5.41, 5.74) is -0.671. The number of rotatable bonds is 5. The average Bonchev–Trinajstić information content (AvgIpc) is 2.84. The van der Waals surface area contributed by atoms with E-state index < -0.39 is 5.60 Å². The Kier molecular flexibility index (Phi) is 5.35. The van der Waals surface area contributed by atoms with Crippen molar-refractivity contribution in [2.24, 2.45) is 0 Å². The highest BCUT2D eigenvalue weighted by molar-refractivity contribution is 8.00. The van der Waals surface area contributed by atoms with Gasteiger partial charge in [-0.05, 0) is 37.1 Å². The molecule has 2 rings (SSSR count). The quantitative estimate of drug-likeness (QED) is 0.849. The summed E-state index contributed by atoms with van der Waals surface area (Å²) in [6.07, 6.45) is 3.71. The van der Waals surface area contributed by atoms with Crippen LogP contribution < -0.4 is 0 Å². The van der Waals surface area contributed by atoms with Crippen LogP contribution in [0.25, 0.3) is 0 Å². The minimum Gasteiger partial charge on any atom is -0.388 e. The molecule has 0 unspecified atom stereocenters. The van der Waals surface area contributed by atoms with Gasteiger partial charge in [0.15, 0.2) is 0 Å². The topological polar surface area (TPSA) is 40.5 Å². The number of benzene rings is 1. The molecule has 0 heterocycles. The van der Waals surface area contributed by atoms with Crippen molar-refractivity contribution in [2.75, 3.05) is 19.3 Å². The number of amides is 1. The summed E-state index contributed by atoms with van der Waals surface area (Å²) in [5, 5.41) is 11.0. The number of nitrogens with zero attached hydrogens (tertiary/aromatic N) is 1. The molecule has 0 spiro atoms. The summed E-state index contributed by atoms with van der Waals surface area (Å²) < 4.78 is 0. The Morgan fingerprint density at radius 3 is 2.55 bits per heavy atom. The molecular formula is C15H20ClNO2S. The Balaban J connectivity index is 1.80. The highest BCUT2D eigenvalue weighted by Gasteiger charge is 2.33. The van der Waals surface area contributed by atoms with Gasteiger partial charge in [-0.1, -0.05) is 24.4 Å². The molecule has 3 nitrogen and oxygen atoms in total. The van der Waals surface area contributed by atoms with Crippen LogP contribution in [0.2, 0.25) is 5.02 Å². The molecule has 1 aliphatic carbocycles. The summed E-state index contributed by atoms with van der Waals surface area (Å²) >= 11 is 7.31. The number of thioether (sulfide) groups is 1. The van der Waals surface area contributed by atoms with Gasteiger partial charge in [0.25, 0.3) is 0 Å². The number of hydrogen-bond donors (Lipinski definition) is 1. The molecule has 0 bridgehead atoms. The fraction of sp³-hybridized carbons (Fsp3) is 0.533. The van der Waals surface area contributed by atoms with E-state index in [4.69, 9.17) is 11.6 Å². The van der Waals surface area contributed by atoms with Crippen molar-refractivity contribution >= 4 is 29.3 Å². The Morgan fingerprint density at radius 1 is 1.35 bits per heavy atom. The van der Waals surface area contributed by atoms with Gasteiger partial charge < -0.3 is 10.0 Å². The van der Waals surface area contributed by atoms with E-state index >= 15 is 0 Å². The first-order chi connectivity index (χ1) is 9.48. The molecule has 0 saturated heterocycles. The molecule has 0 radical (unpaired) electrons. The first-order valence-corrected chi connectivity index (χ1v) is 8.20. The zero-order valence-corrected chi connectivity index (χ0v) is 13.2. The number of halogens is 1. The first kappa shape index (κ1) is 15.7. The zero-order valence-electron chi connectivity index (χ0n) is 11.6. The molecule has 1 amide bonds. The summed E-state index contributed by atoms with van der Waals surface area (Å²) in [5.74, 6) is 0.430. The molecule has 0 aliphatic heterocycles. The van der Waals surface area contributed by atoms with Gasteiger partial charge in [-0.2, -0.15) is 0 Å². The second-order valence-corrected chi connectivity index (χ2v) is 6.91. The van der Waals surface area contributed by atoms with Crippen molar-refractivity contribution in [3.63, 3.8) is 0 Å². The van der Waals surface area contributed by atoms with Crippen molar-refractivity contribution in [1.82, 2.24) is 4.90 Å². The van der Waals surface area contributed by atoms with Crippen LogP contribution in [0.15, 0.2) is 29.2 Å². The van der Waals surface area contributed by atoms with Crippen LogP contribution in [0.5, 0.6) is 0 Å². The van der Waals surface area contributed by atoms with Gasteiger partial charge in [-0.25, -0.2) is 0 Å². The summed E-state index contributed by atoms with van der Waals surface area (Å²) in [4.78, 5) is 14.8. The van der Waals surface area contributed by atoms with Crippen LogP contribution in [0.1, 0.15) is 25.7 Å². The van der Waals surface area contributed by atoms with Crippen LogP contribution in [0, 0.1) is 0 Å². The van der Waals surface area contributed by atoms with E-state index in [0.717, 1.165) is 30.6 Å². The minimum absolute atomic E-state index is 0.0466. The third kappa shape index (κ3) is 4.40. The maximum atomic E-state index is 12.1. The number of likely N-dealkylation sites (N-methyl/N-ethyl adjacent to an activating group) is 1. The van der Waals surface area contributed by atoms with Crippen molar-refractivity contribution in [3.8, 4) is 0 Å². The van der Waals surface area contributed by atoms with Crippen LogP contribution in [0.3, 0.4) is 0 Å². The van der Waals surface area contributed by atoms with Crippen LogP contribution in [-0.2, 0) is 4.79 Å². The smallest absolute Gasteiger partial charge is 0.232 e. The van der Waals surface area contributed by atoms with Gasteiger partial charge in [0.05, 0.1) is 11.4 Å². The second kappa shape index (κ2) is 6.83. The average molecular weight is 314 g/mol. The molecule has 20 heavy (non-hydrogen) atoms. The molecule has 1 fully saturated rings. The van der Waals surface area contributed by atoms with Gasteiger partial charge in [-0.3, -0.25) is 4.79 Å². The predicted octanol–water partition coefficient (Wildman–Crippen LogP) is 3.20. The van der Waals surface area contributed by atoms with Crippen molar-refractivity contribution in [1.29, 1.82) is 0 Å². The van der Waals surface area contributed by atoms with Gasteiger partial charge in [0.1, 0.15) is 0 Å². The predicted molar refractivity (Wildman–Crippen MR) is 83.2 cm³/mol. The van der Waals surface area contributed by atoms with Gasteiger partial charge >= 0.3 is 0 Å². The minimum atomic E-state index is -0.671. The van der Waals surface area contributed by atoms with E-state index in [1.165, 1.54) is 11.8 Å². The lowest BCUT2D eigenvalue weighted by atomic mass is 10.0. The lowest BCUT2D eigenvalue weighted by molar-refractivity contribution is -0.130. The molecule has 1 N–H and O–H groups in total. The largest absolute Gasteiger partial charge is 0.388 e. The van der Waals surface area contributed by atoms with Gasteiger partial charge in [0.2, 0.25) is 5.91 Å². The van der Waals surface area contributed by atoms with E-state index in [0.29, 0.717) is 17.3 Å². The molecule has 0 atom stereocenters. The molecule has 1 saturated carbocycles. The second-order valence-electron chi connectivity index (χ2n) is 5.42. The monoisotopic (exact) mass is 313 g/mol. The normalized spacial score (nSPS) is 17.1. The SMILES string of the molecule is CN(CC1(O)CCCC1)C(=O)CSc1ccc(Cl)cc1. The van der Waals surface area contributed by atoms with E-state index in [1.807, 2.05) is 24.3 Å². The molecule has 1 aromatic carbocycles. The fourth-order valence-electron chi connectivity index (χ4n) is 2.51. The third-order valence-electron chi connectivity index (χ3n) is 3.67. The molecule has 0 aromatic heterocycles. The maximum Gasteiger partial charge on any atom is 0.232 e. The van der Waals surface area contributed by atoms with Crippen LogP contribution in [-0.4, -0.2) is 40.9 Å². The zero-order chi connectivity index (χ0) is 14.6. The number of aliphatic hydroxyl groups is 1. The summed E-state index contributed by atoms with van der Waals surface area (Å²) in [6, 6.07) is 7.45. The standard InChI is InChI=1S/C15H20ClNO2S/c1-17(11-15(19)8-2-3-9-15)14(18)10-20-13-6-4-12(16)5-7-13/h4-7,19H,2-3,8-11H2,1H3. The van der Waals surface area contributed by atoms with Crippen LogP contribution >= 0.6 is 23.4 Å². The van der Waals surface area contributed by atoms with E-state index in [2.05, 4.69) is 0 Å². The molecular weight excluding hydrogens is 294 g/mol. The fourth-order valence-corrected chi connectivity index (χ4v) is 3.47. The Morgan fingerprint density at radius 2 is 1.95 bits per heavy atom. The van der Waals surface area contributed by atoms with E-state index in [9.17, 15) is 9.90 Å². The molecule has 5 heteroatoms. The van der Waals surface area contributed by atoms with Gasteiger partial charge in [0, 0.05) is 23.5 Å². The summed E-state index contributed by atoms with van der Waals surface area (Å²) in [6.45, 7) is 0.438. The van der Waals surface area contributed by atoms with Gasteiger partial charge in [-0.15, -0.1) is 11.8 Å². The third-order valence-corrected chi connectivity index (χ3v) is 4.92. The summed E-state index contributed by atoms with van der Waals surface area (Å²) in [7, 11) is 1.76. The first-order valence-electron chi connectivity index (χ1n) is 6.83. The molecule has 110 valence electrons. The highest BCUT2D eigenvalue weighted by Crippen LogP contribution is 2.30. The van der Waals surface area contributed by atoms with Crippen molar-refractivity contribution < 1.29 is 9.90 Å². The number of carbonyl (C=O) groups excluding carboxylic acids is 1. The molecule has 1 aliphatic rings. The lowest BCUT2D eigenvalue weighted by Crippen LogP contribution is -2.42. The van der Waals surface area contributed by atoms with Crippen LogP contribution in [0.4, 0.5) is 0 Å². The number of carbonyl (C=O) groups is 1. The Labute approximate surface area is 129 Å². The Hall–Kier alpha value is -0.710. The molecule has 1 aromatic rings. The van der Waals surface area contributed by atoms with Crippen molar-refractivity contribution in [2.45, 2.75) is 36.2 Å². The maximum absolute atomic E-state index is 12.1. The Bertz CT molecular complexity index is 457.